The van der Waals surface area contributed by atoms with Crippen molar-refractivity contribution in [3.8, 4) is 0 Å². The number of hydrogen-bond donors (Lipinski definition) is 2. The van der Waals surface area contributed by atoms with Crippen molar-refractivity contribution in [2.75, 3.05) is 39.9 Å². The van der Waals surface area contributed by atoms with Crippen molar-refractivity contribution in [1.29, 1.82) is 0 Å². The minimum Gasteiger partial charge on any atom is -0.480 e. The molecule has 0 spiro atoms. The van der Waals surface area contributed by atoms with Gasteiger partial charge in [-0.05, 0) is 6.42 Å². The van der Waals surface area contributed by atoms with Gasteiger partial charge in [0.25, 0.3) is 0 Å². The molecule has 0 aliphatic carbocycles. The maximum Gasteiger partial charge on any atom is 0.323 e. The normalized spacial score (nSPS) is 10.1. The van der Waals surface area contributed by atoms with Crippen molar-refractivity contribution in [3.05, 3.63) is 0 Å². The molecule has 0 heterocycles. The van der Waals surface area contributed by atoms with Crippen molar-refractivity contribution < 1.29 is 19.4 Å². The second-order valence-electron chi connectivity index (χ2n) is 3.38. The van der Waals surface area contributed by atoms with Crippen molar-refractivity contribution in [1.82, 2.24) is 10.2 Å². The van der Waals surface area contributed by atoms with E-state index in [0.29, 0.717) is 19.7 Å². The standard InChI is InChI=1S/C10H20N2O4/c1-3-5-12(8-10(14)15)9(13)7-11-4-6-16-2/h11H,3-8H2,1-2H3,(H,14,15). The summed E-state index contributed by atoms with van der Waals surface area (Å²) in [5.41, 5.74) is 0. The number of hydrogen-bond acceptors (Lipinski definition) is 4. The largest absolute Gasteiger partial charge is 0.480 e. The predicted octanol–water partition coefficient (Wildman–Crippen LogP) is -0.454. The van der Waals surface area contributed by atoms with E-state index >= 15 is 0 Å². The van der Waals surface area contributed by atoms with Crippen LogP contribution < -0.4 is 5.32 Å². The van der Waals surface area contributed by atoms with E-state index in [9.17, 15) is 9.59 Å². The van der Waals surface area contributed by atoms with Crippen LogP contribution in [-0.4, -0.2) is 61.8 Å². The van der Waals surface area contributed by atoms with Crippen molar-refractivity contribution in [2.45, 2.75) is 13.3 Å². The Kier molecular flexibility index (Phi) is 8.46. The number of amides is 1. The molecule has 0 atom stereocenters. The fraction of sp³-hybridized carbons (Fsp3) is 0.800. The molecule has 1 amide bonds. The molecular formula is C10H20N2O4. The summed E-state index contributed by atoms with van der Waals surface area (Å²) in [4.78, 5) is 23.5. The Balaban J connectivity index is 3.91. The van der Waals surface area contributed by atoms with Gasteiger partial charge in [0.2, 0.25) is 5.91 Å². The second-order valence-corrected chi connectivity index (χ2v) is 3.38. The number of carbonyl (C=O) groups excluding carboxylic acids is 1. The number of methoxy groups -OCH3 is 1. The number of ether oxygens (including phenoxy) is 1. The van der Waals surface area contributed by atoms with E-state index in [1.807, 2.05) is 6.92 Å². The summed E-state index contributed by atoms with van der Waals surface area (Å²) in [5.74, 6) is -1.18. The zero-order chi connectivity index (χ0) is 12.4. The highest BCUT2D eigenvalue weighted by Gasteiger charge is 2.14. The van der Waals surface area contributed by atoms with Crippen LogP contribution in [0.25, 0.3) is 0 Å². The molecule has 0 rings (SSSR count). The highest BCUT2D eigenvalue weighted by Crippen LogP contribution is 1.92. The number of carboxylic acids is 1. The van der Waals surface area contributed by atoms with Crippen LogP contribution in [0.4, 0.5) is 0 Å². The first-order chi connectivity index (χ1) is 7.61. The van der Waals surface area contributed by atoms with Crippen LogP contribution in [0.15, 0.2) is 0 Å². The molecule has 0 saturated heterocycles. The Labute approximate surface area is 95.6 Å². The van der Waals surface area contributed by atoms with E-state index in [1.54, 1.807) is 7.11 Å². The maximum absolute atomic E-state index is 11.6. The predicted molar refractivity (Wildman–Crippen MR) is 59.3 cm³/mol. The molecule has 0 aliphatic rings. The summed E-state index contributed by atoms with van der Waals surface area (Å²) in [6, 6.07) is 0. The molecule has 2 N–H and O–H groups in total. The lowest BCUT2D eigenvalue weighted by Crippen LogP contribution is -2.42. The quantitative estimate of drug-likeness (QED) is 0.526. The second kappa shape index (κ2) is 9.11. The molecular weight excluding hydrogens is 212 g/mol. The Morgan fingerprint density at radius 3 is 2.62 bits per heavy atom. The first-order valence-corrected chi connectivity index (χ1v) is 5.31. The Bertz CT molecular complexity index is 221. The smallest absolute Gasteiger partial charge is 0.323 e. The maximum atomic E-state index is 11.6. The lowest BCUT2D eigenvalue weighted by molar-refractivity contribution is -0.144. The van der Waals surface area contributed by atoms with Gasteiger partial charge in [0.05, 0.1) is 13.2 Å². The zero-order valence-corrected chi connectivity index (χ0v) is 9.86. The van der Waals surface area contributed by atoms with Gasteiger partial charge in [0.1, 0.15) is 6.54 Å². The first kappa shape index (κ1) is 14.9. The van der Waals surface area contributed by atoms with E-state index in [4.69, 9.17) is 9.84 Å². The first-order valence-electron chi connectivity index (χ1n) is 5.31. The summed E-state index contributed by atoms with van der Waals surface area (Å²) in [7, 11) is 1.58. The van der Waals surface area contributed by atoms with Gasteiger partial charge in [-0.25, -0.2) is 0 Å². The summed E-state index contributed by atoms with van der Waals surface area (Å²) in [6.07, 6.45) is 0.747. The van der Waals surface area contributed by atoms with E-state index in [0.717, 1.165) is 6.42 Å². The average Bonchev–Trinajstić information content (AvgIpc) is 2.23. The number of carbonyl (C=O) groups is 2. The van der Waals surface area contributed by atoms with Gasteiger partial charge in [-0.2, -0.15) is 0 Å². The number of carboxylic acid groups (broad SMARTS) is 1. The molecule has 0 aromatic rings. The highest BCUT2D eigenvalue weighted by molar-refractivity contribution is 5.82. The number of nitrogens with one attached hydrogen (secondary N) is 1. The van der Waals surface area contributed by atoms with Crippen LogP contribution in [0.3, 0.4) is 0 Å². The molecule has 6 heteroatoms. The third-order valence-corrected chi connectivity index (χ3v) is 1.93. The molecule has 0 aliphatic heterocycles. The fourth-order valence-electron chi connectivity index (χ4n) is 1.21. The molecule has 0 fully saturated rings. The van der Waals surface area contributed by atoms with E-state index in [-0.39, 0.29) is 19.0 Å². The monoisotopic (exact) mass is 232 g/mol. The molecule has 16 heavy (non-hydrogen) atoms. The van der Waals surface area contributed by atoms with E-state index in [1.165, 1.54) is 4.90 Å². The van der Waals surface area contributed by atoms with Crippen LogP contribution in [-0.2, 0) is 14.3 Å². The van der Waals surface area contributed by atoms with Gasteiger partial charge >= 0.3 is 5.97 Å². The fourth-order valence-corrected chi connectivity index (χ4v) is 1.21. The van der Waals surface area contributed by atoms with Gasteiger partial charge in [-0.15, -0.1) is 0 Å². The topological polar surface area (TPSA) is 78.9 Å². The molecule has 0 saturated carbocycles. The minimum absolute atomic E-state index is 0.149. The van der Waals surface area contributed by atoms with Crippen LogP contribution in [0.5, 0.6) is 0 Å². The third-order valence-electron chi connectivity index (χ3n) is 1.93. The summed E-state index contributed by atoms with van der Waals surface area (Å²) < 4.78 is 4.81. The number of aliphatic carboxylic acids is 1. The van der Waals surface area contributed by atoms with Gasteiger partial charge in [0, 0.05) is 20.2 Å². The molecule has 0 bridgehead atoms. The molecule has 6 nitrogen and oxygen atoms in total. The van der Waals surface area contributed by atoms with Crippen LogP contribution in [0.1, 0.15) is 13.3 Å². The van der Waals surface area contributed by atoms with Gasteiger partial charge in [-0.1, -0.05) is 6.92 Å². The lowest BCUT2D eigenvalue weighted by atomic mass is 10.3. The molecule has 0 unspecified atom stereocenters. The van der Waals surface area contributed by atoms with Crippen molar-refractivity contribution >= 4 is 11.9 Å². The highest BCUT2D eigenvalue weighted by atomic mass is 16.5. The van der Waals surface area contributed by atoms with E-state index < -0.39 is 5.97 Å². The van der Waals surface area contributed by atoms with Crippen molar-refractivity contribution in [2.24, 2.45) is 0 Å². The lowest BCUT2D eigenvalue weighted by Gasteiger charge is -2.20. The van der Waals surface area contributed by atoms with Crippen molar-refractivity contribution in [3.63, 3.8) is 0 Å². The summed E-state index contributed by atoms with van der Waals surface area (Å²) in [5, 5.41) is 11.5. The number of nitrogens with zero attached hydrogens (tertiary/aromatic N) is 1. The number of rotatable bonds is 9. The Morgan fingerprint density at radius 1 is 1.44 bits per heavy atom. The third kappa shape index (κ3) is 7.19. The van der Waals surface area contributed by atoms with Crippen LogP contribution in [0, 0.1) is 0 Å². The van der Waals surface area contributed by atoms with Gasteiger partial charge < -0.3 is 20.1 Å². The molecule has 94 valence electrons. The van der Waals surface area contributed by atoms with E-state index in [2.05, 4.69) is 5.32 Å². The molecule has 0 aromatic carbocycles. The summed E-state index contributed by atoms with van der Waals surface area (Å²) >= 11 is 0. The molecule has 0 radical (unpaired) electrons. The zero-order valence-electron chi connectivity index (χ0n) is 9.86. The minimum atomic E-state index is -0.987. The summed E-state index contributed by atoms with van der Waals surface area (Å²) in [6.45, 7) is 3.39. The SMILES string of the molecule is CCCN(CC(=O)O)C(=O)CNCCOC. The van der Waals surface area contributed by atoms with Gasteiger partial charge in [0.15, 0.2) is 0 Å². The van der Waals surface area contributed by atoms with Gasteiger partial charge in [-0.3, -0.25) is 9.59 Å². The van der Waals surface area contributed by atoms with Crippen LogP contribution in [0.2, 0.25) is 0 Å². The molecule has 0 aromatic heterocycles. The van der Waals surface area contributed by atoms with Crippen LogP contribution >= 0.6 is 0 Å². The average molecular weight is 232 g/mol. The Hall–Kier alpha value is -1.14. The Morgan fingerprint density at radius 2 is 2.12 bits per heavy atom.